The first-order valence-electron chi connectivity index (χ1n) is 10.8. The number of rotatable bonds is 9. The van der Waals surface area contributed by atoms with Gasteiger partial charge in [-0.05, 0) is 49.7 Å². The fourth-order valence-corrected chi connectivity index (χ4v) is 4.56. The van der Waals surface area contributed by atoms with E-state index in [1.54, 1.807) is 6.08 Å². The quantitative estimate of drug-likeness (QED) is 0.510. The zero-order valence-electron chi connectivity index (χ0n) is 17.3. The number of hydrogen-bond acceptors (Lipinski definition) is 5. The van der Waals surface area contributed by atoms with Crippen molar-refractivity contribution >= 4 is 5.97 Å². The lowest BCUT2D eigenvalue weighted by Crippen LogP contribution is -2.22. The number of carboxylic acid groups (broad SMARTS) is 1. The van der Waals surface area contributed by atoms with Gasteiger partial charge in [0.05, 0.1) is 12.2 Å². The Bertz CT molecular complexity index is 770. The molecule has 1 heterocycles. The second kappa shape index (κ2) is 11.0. The molecule has 2 fully saturated rings. The highest BCUT2D eigenvalue weighted by atomic mass is 19.1. The Morgan fingerprint density at radius 1 is 1.32 bits per heavy atom. The van der Waals surface area contributed by atoms with E-state index in [4.69, 9.17) is 14.6 Å². The number of halogens is 2. The lowest BCUT2D eigenvalue weighted by Gasteiger charge is -2.21. The van der Waals surface area contributed by atoms with Crippen LogP contribution >= 0.6 is 0 Å². The largest absolute Gasteiger partial charge is 0.487 e. The van der Waals surface area contributed by atoms with Gasteiger partial charge in [0.15, 0.2) is 11.6 Å². The number of carboxylic acids is 1. The van der Waals surface area contributed by atoms with Gasteiger partial charge in [-0.1, -0.05) is 12.2 Å². The highest BCUT2D eigenvalue weighted by molar-refractivity contribution is 5.66. The Balaban J connectivity index is 1.50. The summed E-state index contributed by atoms with van der Waals surface area (Å²) in [7, 11) is 0. The smallest absolute Gasteiger partial charge is 0.303 e. The molecule has 31 heavy (non-hydrogen) atoms. The maximum absolute atomic E-state index is 13.6. The third-order valence-electron chi connectivity index (χ3n) is 6.21. The number of aliphatic carboxylic acids is 1. The average molecular weight is 440 g/mol. The number of aliphatic hydroxyl groups excluding tert-OH is 2. The fraction of sp³-hybridized carbons (Fsp3) is 0.609. The third kappa shape index (κ3) is 6.72. The molecule has 3 N–H and O–H groups in total. The third-order valence-corrected chi connectivity index (χ3v) is 6.21. The van der Waals surface area contributed by atoms with Gasteiger partial charge in [-0.3, -0.25) is 4.79 Å². The number of fused-ring (bicyclic) bond motifs is 1. The van der Waals surface area contributed by atoms with Crippen LogP contribution in [0, 0.1) is 29.4 Å². The molecule has 1 saturated carbocycles. The SMILES string of the molecule is O=C(O)CCC[C@H]1CC[C@@H]2[C@@H](/C=C/[C@@H](O)COc3ccc(F)cc3F)[C@H](O)C[C@@H]2OC1. The van der Waals surface area contributed by atoms with Crippen molar-refractivity contribution in [2.75, 3.05) is 13.2 Å². The molecule has 8 heteroatoms. The molecule has 1 saturated heterocycles. The molecule has 1 aliphatic heterocycles. The predicted molar refractivity (Wildman–Crippen MR) is 109 cm³/mol. The minimum atomic E-state index is -1.01. The van der Waals surface area contributed by atoms with Gasteiger partial charge in [-0.25, -0.2) is 8.78 Å². The lowest BCUT2D eigenvalue weighted by molar-refractivity contribution is -0.137. The number of aliphatic hydroxyl groups is 2. The van der Waals surface area contributed by atoms with Crippen LogP contribution in [0.2, 0.25) is 0 Å². The highest BCUT2D eigenvalue weighted by Crippen LogP contribution is 2.42. The first kappa shape index (κ1) is 23.6. The van der Waals surface area contributed by atoms with E-state index in [2.05, 4.69) is 0 Å². The Labute approximate surface area is 180 Å². The summed E-state index contributed by atoms with van der Waals surface area (Å²) in [6, 6.07) is 2.96. The molecule has 1 aromatic rings. The van der Waals surface area contributed by atoms with Gasteiger partial charge in [0.1, 0.15) is 18.5 Å². The normalized spacial score (nSPS) is 29.5. The first-order valence-corrected chi connectivity index (χ1v) is 10.8. The molecular weight excluding hydrogens is 410 g/mol. The number of hydrogen-bond donors (Lipinski definition) is 3. The van der Waals surface area contributed by atoms with Crippen molar-refractivity contribution < 1.29 is 38.4 Å². The van der Waals surface area contributed by atoms with Gasteiger partial charge in [-0.15, -0.1) is 0 Å². The van der Waals surface area contributed by atoms with Crippen molar-refractivity contribution in [3.8, 4) is 5.75 Å². The summed E-state index contributed by atoms with van der Waals surface area (Å²) in [4.78, 5) is 10.7. The molecule has 172 valence electrons. The van der Waals surface area contributed by atoms with Crippen LogP contribution in [0.4, 0.5) is 8.78 Å². The average Bonchev–Trinajstić information content (AvgIpc) is 2.87. The van der Waals surface area contributed by atoms with Crippen molar-refractivity contribution in [3.63, 3.8) is 0 Å². The summed E-state index contributed by atoms with van der Waals surface area (Å²) in [6.07, 6.45) is 5.57. The Morgan fingerprint density at radius 2 is 2.13 bits per heavy atom. The van der Waals surface area contributed by atoms with E-state index in [0.717, 1.165) is 25.3 Å². The second-order valence-electron chi connectivity index (χ2n) is 8.48. The van der Waals surface area contributed by atoms with E-state index in [1.807, 2.05) is 0 Å². The Morgan fingerprint density at radius 3 is 2.87 bits per heavy atom. The molecular formula is C23H30F2O6. The molecule has 6 atom stereocenters. The summed E-state index contributed by atoms with van der Waals surface area (Å²) >= 11 is 0. The van der Waals surface area contributed by atoms with Crippen molar-refractivity contribution in [3.05, 3.63) is 42.0 Å². The standard InChI is InChI=1S/C23H30F2O6/c24-15-5-9-21(19(25)10-15)31-13-16(26)6-8-17-18-7-4-14(2-1-3-23(28)29)12-30-22(18)11-20(17)27/h5-6,8-10,14,16-18,20,22,26-27H,1-4,7,11-13H2,(H,28,29)/b8-6+/t14-,16+,17+,18+,20+,22-/m0/s1. The van der Waals surface area contributed by atoms with Gasteiger partial charge in [0.25, 0.3) is 0 Å². The first-order chi connectivity index (χ1) is 14.8. The van der Waals surface area contributed by atoms with E-state index >= 15 is 0 Å². The maximum atomic E-state index is 13.6. The molecule has 0 radical (unpaired) electrons. The van der Waals surface area contributed by atoms with Gasteiger partial charge >= 0.3 is 5.97 Å². The zero-order valence-corrected chi connectivity index (χ0v) is 17.3. The van der Waals surface area contributed by atoms with Crippen molar-refractivity contribution in [2.24, 2.45) is 17.8 Å². The topological polar surface area (TPSA) is 96.2 Å². The van der Waals surface area contributed by atoms with E-state index in [1.165, 1.54) is 12.1 Å². The van der Waals surface area contributed by atoms with Crippen molar-refractivity contribution in [1.82, 2.24) is 0 Å². The van der Waals surface area contributed by atoms with Gasteiger partial charge in [-0.2, -0.15) is 0 Å². The van der Waals surface area contributed by atoms with Crippen molar-refractivity contribution in [2.45, 2.75) is 56.8 Å². The zero-order chi connectivity index (χ0) is 22.4. The molecule has 0 unspecified atom stereocenters. The second-order valence-corrected chi connectivity index (χ2v) is 8.48. The van der Waals surface area contributed by atoms with E-state index in [-0.39, 0.29) is 36.7 Å². The minimum absolute atomic E-state index is 0.0594. The Hall–Kier alpha value is -2.03. The molecule has 0 spiro atoms. The molecule has 0 aromatic heterocycles. The van der Waals surface area contributed by atoms with E-state index < -0.39 is 29.8 Å². The maximum Gasteiger partial charge on any atom is 0.303 e. The molecule has 0 amide bonds. The van der Waals surface area contributed by atoms with Crippen molar-refractivity contribution in [1.29, 1.82) is 0 Å². The molecule has 3 rings (SSSR count). The molecule has 1 aliphatic carbocycles. The summed E-state index contributed by atoms with van der Waals surface area (Å²) < 4.78 is 37.8. The minimum Gasteiger partial charge on any atom is -0.487 e. The van der Waals surface area contributed by atoms with E-state index in [9.17, 15) is 23.8 Å². The van der Waals surface area contributed by atoms with Crippen LogP contribution in [0.1, 0.15) is 38.5 Å². The number of ether oxygens (including phenoxy) is 2. The fourth-order valence-electron chi connectivity index (χ4n) is 4.56. The molecule has 2 aliphatic rings. The van der Waals surface area contributed by atoms with Crippen LogP contribution < -0.4 is 4.74 Å². The van der Waals surface area contributed by atoms with Crippen LogP contribution in [-0.4, -0.2) is 52.8 Å². The monoisotopic (exact) mass is 440 g/mol. The summed E-state index contributed by atoms with van der Waals surface area (Å²) in [5.74, 6) is -2.19. The highest BCUT2D eigenvalue weighted by Gasteiger charge is 2.43. The molecule has 0 bridgehead atoms. The van der Waals surface area contributed by atoms with Crippen LogP contribution in [0.5, 0.6) is 5.75 Å². The summed E-state index contributed by atoms with van der Waals surface area (Å²) in [5.41, 5.74) is 0. The number of carbonyl (C=O) groups is 1. The lowest BCUT2D eigenvalue weighted by atomic mass is 9.86. The molecule has 1 aromatic carbocycles. The van der Waals surface area contributed by atoms with Crippen LogP contribution in [0.15, 0.2) is 30.4 Å². The van der Waals surface area contributed by atoms with E-state index in [0.29, 0.717) is 31.4 Å². The summed E-state index contributed by atoms with van der Waals surface area (Å²) in [6.45, 7) is 0.377. The van der Waals surface area contributed by atoms with Gasteiger partial charge in [0.2, 0.25) is 0 Å². The predicted octanol–water partition coefficient (Wildman–Crippen LogP) is 3.31. The van der Waals surface area contributed by atoms with Crippen LogP contribution in [0.3, 0.4) is 0 Å². The number of benzene rings is 1. The van der Waals surface area contributed by atoms with Gasteiger partial charge in [0, 0.05) is 31.4 Å². The molecule has 6 nitrogen and oxygen atoms in total. The Kier molecular flexibility index (Phi) is 8.40. The van der Waals surface area contributed by atoms with Gasteiger partial charge < -0.3 is 24.8 Å². The summed E-state index contributed by atoms with van der Waals surface area (Å²) in [5, 5.41) is 29.4. The van der Waals surface area contributed by atoms with Crippen LogP contribution in [0.25, 0.3) is 0 Å². The van der Waals surface area contributed by atoms with Crippen LogP contribution in [-0.2, 0) is 9.53 Å².